The molecule has 0 radical (unpaired) electrons. The molecule has 0 unspecified atom stereocenters. The number of carboxylic acids is 1. The van der Waals surface area contributed by atoms with E-state index in [4.69, 9.17) is 4.74 Å². The number of hydrogen-bond acceptors (Lipinski definition) is 3. The minimum Gasteiger partial charge on any atom is -0.494 e. The fourth-order valence-corrected chi connectivity index (χ4v) is 2.92. The summed E-state index contributed by atoms with van der Waals surface area (Å²) in [6, 6.07) is 16.1. The zero-order chi connectivity index (χ0) is 18.9. The van der Waals surface area contributed by atoms with Gasteiger partial charge in [0.15, 0.2) is 0 Å². The molecule has 2 atom stereocenters. The van der Waals surface area contributed by atoms with Crippen molar-refractivity contribution in [2.75, 3.05) is 6.61 Å². The molecule has 0 saturated carbocycles. The van der Waals surface area contributed by atoms with Gasteiger partial charge >= 0.3 is 5.97 Å². The van der Waals surface area contributed by atoms with E-state index in [1.54, 1.807) is 24.3 Å². The maximum absolute atomic E-state index is 12.8. The summed E-state index contributed by atoms with van der Waals surface area (Å²) < 4.78 is 5.41. The van der Waals surface area contributed by atoms with Crippen LogP contribution in [-0.4, -0.2) is 23.6 Å². The molecular weight excluding hydrogens is 330 g/mol. The van der Waals surface area contributed by atoms with Gasteiger partial charge < -0.3 is 15.2 Å². The van der Waals surface area contributed by atoms with Gasteiger partial charge in [0.1, 0.15) is 5.75 Å². The minimum atomic E-state index is -0.961. The Bertz CT molecular complexity index is 713. The molecule has 0 fully saturated rings. The van der Waals surface area contributed by atoms with Crippen LogP contribution in [0.1, 0.15) is 49.8 Å². The SMILES string of the molecule is CCOc1ccc([C@@H](CC(=O)O)NC(=O)[C@@H](CC)c2ccccc2)cc1. The zero-order valence-electron chi connectivity index (χ0n) is 15.1. The first-order valence-electron chi connectivity index (χ1n) is 8.85. The van der Waals surface area contributed by atoms with Gasteiger partial charge in [-0.3, -0.25) is 9.59 Å². The van der Waals surface area contributed by atoms with E-state index in [1.165, 1.54) is 0 Å². The number of nitrogens with one attached hydrogen (secondary N) is 1. The fraction of sp³-hybridized carbons (Fsp3) is 0.333. The third kappa shape index (κ3) is 5.34. The molecule has 0 saturated heterocycles. The Morgan fingerprint density at radius 3 is 2.19 bits per heavy atom. The van der Waals surface area contributed by atoms with Crippen molar-refractivity contribution in [3.63, 3.8) is 0 Å². The first kappa shape index (κ1) is 19.5. The summed E-state index contributed by atoms with van der Waals surface area (Å²) in [5, 5.41) is 12.1. The molecule has 0 aromatic heterocycles. The van der Waals surface area contributed by atoms with Crippen LogP contribution in [-0.2, 0) is 9.59 Å². The summed E-state index contributed by atoms with van der Waals surface area (Å²) in [5.41, 5.74) is 1.67. The number of aliphatic carboxylic acids is 1. The van der Waals surface area contributed by atoms with E-state index in [2.05, 4.69) is 5.32 Å². The molecule has 2 rings (SSSR count). The third-order valence-corrected chi connectivity index (χ3v) is 4.22. The lowest BCUT2D eigenvalue weighted by atomic mass is 9.94. The Morgan fingerprint density at radius 2 is 1.65 bits per heavy atom. The highest BCUT2D eigenvalue weighted by Gasteiger charge is 2.24. The van der Waals surface area contributed by atoms with Crippen LogP contribution in [0.2, 0.25) is 0 Å². The smallest absolute Gasteiger partial charge is 0.305 e. The van der Waals surface area contributed by atoms with Gasteiger partial charge in [-0.15, -0.1) is 0 Å². The number of benzene rings is 2. The van der Waals surface area contributed by atoms with Crippen molar-refractivity contribution >= 4 is 11.9 Å². The number of carboxylic acid groups (broad SMARTS) is 1. The van der Waals surface area contributed by atoms with Crippen LogP contribution < -0.4 is 10.1 Å². The maximum atomic E-state index is 12.8. The summed E-state index contributed by atoms with van der Waals surface area (Å²) >= 11 is 0. The molecule has 138 valence electrons. The van der Waals surface area contributed by atoms with E-state index in [0.29, 0.717) is 18.8 Å². The maximum Gasteiger partial charge on any atom is 0.305 e. The Balaban J connectivity index is 2.18. The standard InChI is InChI=1S/C21H25NO4/c1-3-18(15-8-6-5-7-9-15)21(25)22-19(14-20(23)24)16-10-12-17(13-11-16)26-4-2/h5-13,18-19H,3-4,14H2,1-2H3,(H,22,25)(H,23,24)/t18-,19+/m0/s1. The normalized spacial score (nSPS) is 12.8. The van der Waals surface area contributed by atoms with Crippen LogP contribution in [0.5, 0.6) is 5.75 Å². The predicted molar refractivity (Wildman–Crippen MR) is 100 cm³/mol. The van der Waals surface area contributed by atoms with Gasteiger partial charge in [-0.1, -0.05) is 49.4 Å². The average Bonchev–Trinajstić information content (AvgIpc) is 2.63. The molecule has 2 aromatic rings. The molecule has 0 bridgehead atoms. The Hall–Kier alpha value is -2.82. The Kier molecular flexibility index (Phi) is 7.21. The van der Waals surface area contributed by atoms with Crippen molar-refractivity contribution < 1.29 is 19.4 Å². The number of hydrogen-bond donors (Lipinski definition) is 2. The van der Waals surface area contributed by atoms with Gasteiger partial charge in [-0.2, -0.15) is 0 Å². The van der Waals surface area contributed by atoms with Crippen molar-refractivity contribution in [2.24, 2.45) is 0 Å². The molecule has 5 nitrogen and oxygen atoms in total. The highest BCUT2D eigenvalue weighted by atomic mass is 16.5. The van der Waals surface area contributed by atoms with Gasteiger partial charge in [-0.05, 0) is 36.6 Å². The summed E-state index contributed by atoms with van der Waals surface area (Å²) in [6.07, 6.45) is 0.462. The first-order chi connectivity index (χ1) is 12.5. The van der Waals surface area contributed by atoms with Crippen molar-refractivity contribution in [2.45, 2.75) is 38.6 Å². The largest absolute Gasteiger partial charge is 0.494 e. The molecule has 0 aliphatic rings. The molecule has 0 aliphatic carbocycles. The van der Waals surface area contributed by atoms with Gasteiger partial charge in [0, 0.05) is 0 Å². The van der Waals surface area contributed by atoms with Crippen molar-refractivity contribution in [1.82, 2.24) is 5.32 Å². The van der Waals surface area contributed by atoms with Crippen LogP contribution in [0, 0.1) is 0 Å². The van der Waals surface area contributed by atoms with E-state index >= 15 is 0 Å². The average molecular weight is 355 g/mol. The zero-order valence-corrected chi connectivity index (χ0v) is 15.1. The van der Waals surface area contributed by atoms with Crippen LogP contribution in [0.25, 0.3) is 0 Å². The number of carbonyl (C=O) groups excluding carboxylic acids is 1. The first-order valence-corrected chi connectivity index (χ1v) is 8.85. The van der Waals surface area contributed by atoms with E-state index < -0.39 is 12.0 Å². The highest BCUT2D eigenvalue weighted by molar-refractivity contribution is 5.84. The number of carbonyl (C=O) groups is 2. The van der Waals surface area contributed by atoms with E-state index in [1.807, 2.05) is 44.2 Å². The molecule has 1 amide bonds. The second-order valence-corrected chi connectivity index (χ2v) is 6.03. The molecule has 2 aromatic carbocycles. The topological polar surface area (TPSA) is 75.6 Å². The molecule has 5 heteroatoms. The van der Waals surface area contributed by atoms with Crippen LogP contribution in [0.15, 0.2) is 54.6 Å². The molecule has 0 heterocycles. The minimum absolute atomic E-state index is 0.168. The summed E-state index contributed by atoms with van der Waals surface area (Å²) in [5.74, 6) is -0.724. The van der Waals surface area contributed by atoms with Gasteiger partial charge in [0.2, 0.25) is 5.91 Å². The number of ether oxygens (including phenoxy) is 1. The van der Waals surface area contributed by atoms with Crippen molar-refractivity contribution in [3.05, 3.63) is 65.7 Å². The molecule has 0 aliphatic heterocycles. The van der Waals surface area contributed by atoms with E-state index in [0.717, 1.165) is 11.1 Å². The van der Waals surface area contributed by atoms with Crippen molar-refractivity contribution in [3.8, 4) is 5.75 Å². The lowest BCUT2D eigenvalue weighted by Gasteiger charge is -2.22. The van der Waals surface area contributed by atoms with E-state index in [9.17, 15) is 14.7 Å². The molecule has 2 N–H and O–H groups in total. The quantitative estimate of drug-likeness (QED) is 0.715. The lowest BCUT2D eigenvalue weighted by molar-refractivity contribution is -0.137. The molecule has 26 heavy (non-hydrogen) atoms. The van der Waals surface area contributed by atoms with Crippen molar-refractivity contribution in [1.29, 1.82) is 0 Å². The van der Waals surface area contributed by atoms with Gasteiger partial charge in [0.05, 0.1) is 25.0 Å². The highest BCUT2D eigenvalue weighted by Crippen LogP contribution is 2.24. The monoisotopic (exact) mass is 355 g/mol. The van der Waals surface area contributed by atoms with Crippen LogP contribution in [0.3, 0.4) is 0 Å². The second-order valence-electron chi connectivity index (χ2n) is 6.03. The Labute approximate surface area is 154 Å². The van der Waals surface area contributed by atoms with Gasteiger partial charge in [0.25, 0.3) is 0 Å². The van der Waals surface area contributed by atoms with Crippen LogP contribution in [0.4, 0.5) is 0 Å². The second kappa shape index (κ2) is 9.61. The Morgan fingerprint density at radius 1 is 1.00 bits per heavy atom. The van der Waals surface area contributed by atoms with Gasteiger partial charge in [-0.25, -0.2) is 0 Å². The third-order valence-electron chi connectivity index (χ3n) is 4.22. The fourth-order valence-electron chi connectivity index (χ4n) is 2.92. The predicted octanol–water partition coefficient (Wildman–Crippen LogP) is 3.91. The van der Waals surface area contributed by atoms with E-state index in [-0.39, 0.29) is 18.2 Å². The van der Waals surface area contributed by atoms with Crippen LogP contribution >= 0.6 is 0 Å². The number of rotatable bonds is 9. The molecular formula is C21H25NO4. The molecule has 0 spiro atoms. The summed E-state index contributed by atoms with van der Waals surface area (Å²) in [7, 11) is 0. The summed E-state index contributed by atoms with van der Waals surface area (Å²) in [4.78, 5) is 24.0. The lowest BCUT2D eigenvalue weighted by Crippen LogP contribution is -2.34. The number of amides is 1. The summed E-state index contributed by atoms with van der Waals surface area (Å²) in [6.45, 7) is 4.40.